The molecular weight excluding hydrogens is 361 g/mol. The van der Waals surface area contributed by atoms with Gasteiger partial charge in [-0.2, -0.15) is 0 Å². The van der Waals surface area contributed by atoms with Gasteiger partial charge in [0.2, 0.25) is 0 Å². The van der Waals surface area contributed by atoms with Crippen molar-refractivity contribution in [3.63, 3.8) is 0 Å². The summed E-state index contributed by atoms with van der Waals surface area (Å²) in [6.45, 7) is -1.12. The van der Waals surface area contributed by atoms with Gasteiger partial charge in [0.05, 0.1) is 4.92 Å². The number of amides is 2. The highest BCUT2D eigenvalue weighted by molar-refractivity contribution is 5.97. The van der Waals surface area contributed by atoms with Crippen LogP contribution >= 0.6 is 0 Å². The summed E-state index contributed by atoms with van der Waals surface area (Å²) in [6, 6.07) is 9.98. The van der Waals surface area contributed by atoms with E-state index in [0.717, 1.165) is 18.2 Å². The number of benzene rings is 2. The topological polar surface area (TPSA) is 128 Å². The maximum atomic E-state index is 12.8. The Morgan fingerprint density at radius 1 is 1.11 bits per heavy atom. The van der Waals surface area contributed by atoms with Gasteiger partial charge in [-0.25, -0.2) is 4.39 Å². The third-order valence-electron chi connectivity index (χ3n) is 3.20. The van der Waals surface area contributed by atoms with Crippen LogP contribution in [-0.4, -0.2) is 35.9 Å². The molecule has 0 saturated heterocycles. The minimum Gasteiger partial charge on any atom is -0.454 e. The number of nitro groups is 1. The van der Waals surface area contributed by atoms with Gasteiger partial charge >= 0.3 is 5.97 Å². The third-order valence-corrected chi connectivity index (χ3v) is 3.20. The quantitative estimate of drug-likeness (QED) is 0.430. The molecule has 0 aliphatic carbocycles. The summed E-state index contributed by atoms with van der Waals surface area (Å²) < 4.78 is 17.5. The van der Waals surface area contributed by atoms with Crippen LogP contribution in [0.15, 0.2) is 48.5 Å². The van der Waals surface area contributed by atoms with Gasteiger partial charge in [0.25, 0.3) is 17.5 Å². The van der Waals surface area contributed by atoms with Crippen molar-refractivity contribution in [3.8, 4) is 0 Å². The number of hydrogen-bond donors (Lipinski definition) is 2. The highest BCUT2D eigenvalue weighted by Gasteiger charge is 2.13. The lowest BCUT2D eigenvalue weighted by atomic mass is 10.2. The zero-order valence-electron chi connectivity index (χ0n) is 13.8. The van der Waals surface area contributed by atoms with E-state index in [0.29, 0.717) is 5.69 Å². The molecule has 0 spiro atoms. The van der Waals surface area contributed by atoms with Gasteiger partial charge in [-0.1, -0.05) is 6.07 Å². The zero-order valence-corrected chi connectivity index (χ0v) is 13.8. The number of rotatable bonds is 7. The lowest BCUT2D eigenvalue weighted by molar-refractivity contribution is -0.384. The Balaban J connectivity index is 1.76. The van der Waals surface area contributed by atoms with Gasteiger partial charge in [-0.15, -0.1) is 0 Å². The number of esters is 1. The Morgan fingerprint density at radius 3 is 2.48 bits per heavy atom. The molecule has 2 rings (SSSR count). The average molecular weight is 375 g/mol. The van der Waals surface area contributed by atoms with E-state index in [-0.39, 0.29) is 11.3 Å². The van der Waals surface area contributed by atoms with Crippen LogP contribution in [0.3, 0.4) is 0 Å². The van der Waals surface area contributed by atoms with E-state index < -0.39 is 41.7 Å². The highest BCUT2D eigenvalue weighted by Crippen LogP contribution is 2.12. The molecule has 2 aromatic rings. The van der Waals surface area contributed by atoms with Crippen LogP contribution in [0.1, 0.15) is 10.4 Å². The number of non-ortho nitro benzene ring substituents is 1. The summed E-state index contributed by atoms with van der Waals surface area (Å²) in [7, 11) is 0. The Bertz CT molecular complexity index is 869. The van der Waals surface area contributed by atoms with Crippen LogP contribution in [0.4, 0.5) is 15.8 Å². The van der Waals surface area contributed by atoms with Crippen LogP contribution in [0.25, 0.3) is 0 Å². The van der Waals surface area contributed by atoms with Gasteiger partial charge in [-0.3, -0.25) is 24.5 Å². The summed E-state index contributed by atoms with van der Waals surface area (Å²) in [4.78, 5) is 45.1. The summed E-state index contributed by atoms with van der Waals surface area (Å²) in [5.74, 6) is -2.67. The summed E-state index contributed by atoms with van der Waals surface area (Å²) in [5, 5.41) is 15.3. The second kappa shape index (κ2) is 9.04. The Labute approximate surface area is 152 Å². The summed E-state index contributed by atoms with van der Waals surface area (Å²) >= 11 is 0. The molecule has 0 aliphatic rings. The van der Waals surface area contributed by atoms with Crippen LogP contribution in [-0.2, 0) is 14.3 Å². The number of halogens is 1. The molecule has 0 saturated carbocycles. The van der Waals surface area contributed by atoms with Crippen molar-refractivity contribution in [1.29, 1.82) is 0 Å². The smallest absolute Gasteiger partial charge is 0.325 e. The first kappa shape index (κ1) is 19.5. The normalized spacial score (nSPS) is 9.96. The highest BCUT2D eigenvalue weighted by atomic mass is 19.1. The number of ether oxygens (including phenoxy) is 1. The maximum Gasteiger partial charge on any atom is 0.325 e. The van der Waals surface area contributed by atoms with E-state index in [1.165, 1.54) is 30.3 Å². The fourth-order valence-corrected chi connectivity index (χ4v) is 1.94. The van der Waals surface area contributed by atoms with Crippen molar-refractivity contribution in [2.75, 3.05) is 18.5 Å². The largest absolute Gasteiger partial charge is 0.454 e. The van der Waals surface area contributed by atoms with E-state index in [1.807, 2.05) is 0 Å². The van der Waals surface area contributed by atoms with Crippen LogP contribution in [0.5, 0.6) is 0 Å². The molecule has 10 heteroatoms. The molecule has 0 heterocycles. The number of carbonyl (C=O) groups excluding carboxylic acids is 3. The van der Waals surface area contributed by atoms with Gasteiger partial charge in [0.1, 0.15) is 12.4 Å². The van der Waals surface area contributed by atoms with Crippen molar-refractivity contribution in [3.05, 3.63) is 70.0 Å². The van der Waals surface area contributed by atoms with Gasteiger partial charge in [0.15, 0.2) is 6.61 Å². The number of nitrogens with zero attached hydrogens (tertiary/aromatic N) is 1. The van der Waals surface area contributed by atoms with Gasteiger partial charge in [-0.05, 0) is 30.3 Å². The maximum absolute atomic E-state index is 12.8. The molecule has 27 heavy (non-hydrogen) atoms. The number of nitro benzene ring substituents is 1. The predicted molar refractivity (Wildman–Crippen MR) is 91.4 cm³/mol. The van der Waals surface area contributed by atoms with E-state index in [9.17, 15) is 28.9 Å². The molecule has 140 valence electrons. The molecule has 9 nitrogen and oxygen atoms in total. The van der Waals surface area contributed by atoms with Crippen molar-refractivity contribution in [1.82, 2.24) is 5.32 Å². The van der Waals surface area contributed by atoms with E-state index in [2.05, 4.69) is 10.6 Å². The molecule has 0 radical (unpaired) electrons. The number of anilines is 1. The molecule has 2 amide bonds. The van der Waals surface area contributed by atoms with E-state index in [4.69, 9.17) is 4.74 Å². The fraction of sp³-hybridized carbons (Fsp3) is 0.118. The lowest BCUT2D eigenvalue weighted by Crippen LogP contribution is -2.32. The molecule has 0 bridgehead atoms. The number of nitrogens with one attached hydrogen (secondary N) is 2. The monoisotopic (exact) mass is 375 g/mol. The van der Waals surface area contributed by atoms with Crippen molar-refractivity contribution < 1.29 is 28.4 Å². The Morgan fingerprint density at radius 2 is 1.81 bits per heavy atom. The molecule has 0 unspecified atom stereocenters. The summed E-state index contributed by atoms with van der Waals surface area (Å²) in [5.41, 5.74) is 0.0742. The van der Waals surface area contributed by atoms with Gasteiger partial charge in [0, 0.05) is 23.4 Å². The van der Waals surface area contributed by atoms with Crippen molar-refractivity contribution >= 4 is 29.2 Å². The average Bonchev–Trinajstić information content (AvgIpc) is 2.66. The molecule has 2 aromatic carbocycles. The first-order valence-electron chi connectivity index (χ1n) is 7.59. The second-order valence-electron chi connectivity index (χ2n) is 5.21. The Kier molecular flexibility index (Phi) is 6.53. The van der Waals surface area contributed by atoms with Crippen LogP contribution < -0.4 is 10.6 Å². The zero-order chi connectivity index (χ0) is 19.8. The molecular formula is C17H14FN3O6. The molecule has 0 atom stereocenters. The first-order valence-corrected chi connectivity index (χ1v) is 7.59. The standard InChI is InChI=1S/C17H14FN3O6/c18-12-4-6-13(7-5-12)20-15(22)10-27-16(23)9-19-17(24)11-2-1-3-14(8-11)21(25)26/h1-8H,9-10H2,(H,19,24)(H,20,22). The SMILES string of the molecule is O=C(COC(=O)CNC(=O)c1cccc([N+](=O)[O-])c1)Nc1ccc(F)cc1. The third kappa shape index (κ3) is 6.20. The van der Waals surface area contributed by atoms with E-state index >= 15 is 0 Å². The lowest BCUT2D eigenvalue weighted by Gasteiger charge is -2.07. The van der Waals surface area contributed by atoms with Crippen molar-refractivity contribution in [2.45, 2.75) is 0 Å². The predicted octanol–water partition coefficient (Wildman–Crippen LogP) is 1.65. The molecule has 0 fully saturated rings. The number of hydrogen-bond acceptors (Lipinski definition) is 6. The van der Waals surface area contributed by atoms with Gasteiger partial charge < -0.3 is 15.4 Å². The molecule has 0 aliphatic heterocycles. The minimum absolute atomic E-state index is 0.00560. The number of carbonyl (C=O) groups is 3. The molecule has 0 aromatic heterocycles. The minimum atomic E-state index is -0.872. The van der Waals surface area contributed by atoms with Crippen molar-refractivity contribution in [2.24, 2.45) is 0 Å². The van der Waals surface area contributed by atoms with Crippen LogP contribution in [0.2, 0.25) is 0 Å². The van der Waals surface area contributed by atoms with E-state index in [1.54, 1.807) is 0 Å². The second-order valence-corrected chi connectivity index (χ2v) is 5.21. The fourth-order valence-electron chi connectivity index (χ4n) is 1.94. The van der Waals surface area contributed by atoms with Crippen LogP contribution in [0, 0.1) is 15.9 Å². The molecule has 2 N–H and O–H groups in total. The summed E-state index contributed by atoms with van der Waals surface area (Å²) in [6.07, 6.45) is 0. The first-order chi connectivity index (χ1) is 12.8. The Hall–Kier alpha value is -3.82.